The number of aromatic nitrogens is 2. The van der Waals surface area contributed by atoms with Crippen LogP contribution in [0.2, 0.25) is 0 Å². The SMILES string of the molecule is CCCn1ccnc1CN1CCC[C@@]2(CC1)CN(C)C(=O)O2. The van der Waals surface area contributed by atoms with E-state index in [2.05, 4.69) is 27.6 Å². The number of rotatable bonds is 4. The first-order valence-corrected chi connectivity index (χ1v) is 8.28. The average Bonchev–Trinajstić information content (AvgIpc) is 2.95. The lowest BCUT2D eigenvalue weighted by molar-refractivity contribution is 0.0442. The molecule has 1 aromatic rings. The first kappa shape index (κ1) is 15.3. The van der Waals surface area contributed by atoms with Crippen molar-refractivity contribution in [3.63, 3.8) is 0 Å². The predicted molar refractivity (Wildman–Crippen MR) is 83.5 cm³/mol. The molecule has 6 nitrogen and oxygen atoms in total. The van der Waals surface area contributed by atoms with E-state index >= 15 is 0 Å². The van der Waals surface area contributed by atoms with Crippen molar-refractivity contribution < 1.29 is 9.53 Å². The molecule has 2 aliphatic rings. The third-order valence-electron chi connectivity index (χ3n) is 4.76. The fraction of sp³-hybridized carbons (Fsp3) is 0.750. The van der Waals surface area contributed by atoms with Gasteiger partial charge in [0.15, 0.2) is 0 Å². The molecule has 1 aromatic heterocycles. The van der Waals surface area contributed by atoms with Gasteiger partial charge in [0.2, 0.25) is 0 Å². The molecule has 2 saturated heterocycles. The van der Waals surface area contributed by atoms with Gasteiger partial charge in [-0.1, -0.05) is 6.92 Å². The number of likely N-dealkylation sites (N-methyl/N-ethyl adjacent to an activating group) is 1. The number of ether oxygens (including phenoxy) is 1. The molecule has 0 unspecified atom stereocenters. The topological polar surface area (TPSA) is 50.6 Å². The highest BCUT2D eigenvalue weighted by atomic mass is 16.6. The highest BCUT2D eigenvalue weighted by molar-refractivity contribution is 5.70. The molecule has 0 saturated carbocycles. The highest BCUT2D eigenvalue weighted by Crippen LogP contribution is 2.32. The van der Waals surface area contributed by atoms with Gasteiger partial charge in [-0.15, -0.1) is 0 Å². The average molecular weight is 306 g/mol. The zero-order valence-electron chi connectivity index (χ0n) is 13.6. The Kier molecular flexibility index (Phi) is 4.38. The van der Waals surface area contributed by atoms with Crippen LogP contribution in [-0.4, -0.2) is 57.7 Å². The molecule has 0 radical (unpaired) electrons. The zero-order valence-corrected chi connectivity index (χ0v) is 13.6. The molecular formula is C16H26N4O2. The molecule has 1 amide bonds. The Labute approximate surface area is 132 Å². The van der Waals surface area contributed by atoms with Gasteiger partial charge in [-0.05, 0) is 25.8 Å². The minimum absolute atomic E-state index is 0.174. The second-order valence-corrected chi connectivity index (χ2v) is 6.57. The quantitative estimate of drug-likeness (QED) is 0.855. The summed E-state index contributed by atoms with van der Waals surface area (Å²) in [7, 11) is 1.82. The molecule has 122 valence electrons. The van der Waals surface area contributed by atoms with Crippen LogP contribution in [0, 0.1) is 0 Å². The molecule has 0 N–H and O–H groups in total. The van der Waals surface area contributed by atoms with E-state index in [1.807, 2.05) is 13.2 Å². The fourth-order valence-corrected chi connectivity index (χ4v) is 3.57. The van der Waals surface area contributed by atoms with Crippen molar-refractivity contribution in [1.82, 2.24) is 19.4 Å². The van der Waals surface area contributed by atoms with E-state index in [9.17, 15) is 4.79 Å². The van der Waals surface area contributed by atoms with Crippen LogP contribution in [0.25, 0.3) is 0 Å². The van der Waals surface area contributed by atoms with Crippen molar-refractivity contribution in [2.45, 2.75) is 51.3 Å². The number of hydrogen-bond donors (Lipinski definition) is 0. The van der Waals surface area contributed by atoms with Gasteiger partial charge >= 0.3 is 6.09 Å². The van der Waals surface area contributed by atoms with Crippen LogP contribution in [-0.2, 0) is 17.8 Å². The van der Waals surface area contributed by atoms with Crippen molar-refractivity contribution >= 4 is 6.09 Å². The monoisotopic (exact) mass is 306 g/mol. The van der Waals surface area contributed by atoms with Crippen LogP contribution >= 0.6 is 0 Å². The molecule has 22 heavy (non-hydrogen) atoms. The minimum Gasteiger partial charge on any atom is -0.441 e. The maximum Gasteiger partial charge on any atom is 0.410 e. The summed E-state index contributed by atoms with van der Waals surface area (Å²) >= 11 is 0. The fourth-order valence-electron chi connectivity index (χ4n) is 3.57. The summed E-state index contributed by atoms with van der Waals surface area (Å²) in [6.07, 6.45) is 7.83. The maximum absolute atomic E-state index is 11.7. The molecular weight excluding hydrogens is 280 g/mol. The maximum atomic E-state index is 11.7. The Bertz CT molecular complexity index is 530. The molecule has 3 rings (SSSR count). The largest absolute Gasteiger partial charge is 0.441 e. The van der Waals surface area contributed by atoms with Crippen LogP contribution in [0.1, 0.15) is 38.4 Å². The van der Waals surface area contributed by atoms with Crippen molar-refractivity contribution in [1.29, 1.82) is 0 Å². The molecule has 0 aliphatic carbocycles. The van der Waals surface area contributed by atoms with Gasteiger partial charge in [0.25, 0.3) is 0 Å². The number of aryl methyl sites for hydroxylation is 1. The molecule has 1 atom stereocenters. The summed E-state index contributed by atoms with van der Waals surface area (Å²) in [5.41, 5.74) is -0.264. The van der Waals surface area contributed by atoms with E-state index in [1.54, 1.807) is 4.90 Å². The summed E-state index contributed by atoms with van der Waals surface area (Å²) in [5.74, 6) is 1.14. The van der Waals surface area contributed by atoms with Crippen LogP contribution in [0.4, 0.5) is 4.79 Å². The standard InChI is InChI=1S/C16H26N4O2/c1-3-8-20-11-7-17-14(20)12-19-9-4-5-16(6-10-19)13-18(2)15(21)22-16/h7,11H,3-6,8-10,12-13H2,1-2H3/t16-/m1/s1. The third kappa shape index (κ3) is 3.11. The zero-order chi connectivity index (χ0) is 15.6. The molecule has 2 fully saturated rings. The summed E-state index contributed by atoms with van der Waals surface area (Å²) in [6, 6.07) is 0. The molecule has 2 aliphatic heterocycles. The molecule has 0 aromatic carbocycles. The van der Waals surface area contributed by atoms with Gasteiger partial charge in [-0.3, -0.25) is 4.90 Å². The Morgan fingerprint density at radius 1 is 1.36 bits per heavy atom. The van der Waals surface area contributed by atoms with E-state index in [0.29, 0.717) is 0 Å². The highest BCUT2D eigenvalue weighted by Gasteiger charge is 2.44. The lowest BCUT2D eigenvalue weighted by atomic mass is 9.95. The van der Waals surface area contributed by atoms with Gasteiger partial charge in [-0.25, -0.2) is 9.78 Å². The Morgan fingerprint density at radius 2 is 2.23 bits per heavy atom. The van der Waals surface area contributed by atoms with Crippen molar-refractivity contribution in [3.05, 3.63) is 18.2 Å². The van der Waals surface area contributed by atoms with Crippen LogP contribution in [0.5, 0.6) is 0 Å². The Balaban J connectivity index is 1.61. The van der Waals surface area contributed by atoms with Gasteiger partial charge in [0.1, 0.15) is 11.4 Å². The minimum atomic E-state index is -0.264. The van der Waals surface area contributed by atoms with Crippen molar-refractivity contribution in [2.24, 2.45) is 0 Å². The third-order valence-corrected chi connectivity index (χ3v) is 4.76. The first-order valence-electron chi connectivity index (χ1n) is 8.28. The number of hydrogen-bond acceptors (Lipinski definition) is 4. The lowest BCUT2D eigenvalue weighted by Gasteiger charge is -2.25. The van der Waals surface area contributed by atoms with Crippen LogP contribution in [0.15, 0.2) is 12.4 Å². The number of carbonyl (C=O) groups is 1. The van der Waals surface area contributed by atoms with Gasteiger partial charge < -0.3 is 14.2 Å². The van der Waals surface area contributed by atoms with Gasteiger partial charge in [-0.2, -0.15) is 0 Å². The number of likely N-dealkylation sites (tertiary alicyclic amines) is 1. The summed E-state index contributed by atoms with van der Waals surface area (Å²) in [6.45, 7) is 6.82. The van der Waals surface area contributed by atoms with Gasteiger partial charge in [0, 0.05) is 39.0 Å². The van der Waals surface area contributed by atoms with E-state index in [-0.39, 0.29) is 11.7 Å². The molecule has 3 heterocycles. The summed E-state index contributed by atoms with van der Waals surface area (Å²) in [4.78, 5) is 20.3. The van der Waals surface area contributed by atoms with E-state index in [4.69, 9.17) is 4.74 Å². The Morgan fingerprint density at radius 3 is 2.95 bits per heavy atom. The molecule has 6 heteroatoms. The van der Waals surface area contributed by atoms with Gasteiger partial charge in [0.05, 0.1) is 13.1 Å². The van der Waals surface area contributed by atoms with E-state index in [0.717, 1.165) is 64.2 Å². The second kappa shape index (κ2) is 6.28. The van der Waals surface area contributed by atoms with E-state index < -0.39 is 0 Å². The lowest BCUT2D eigenvalue weighted by Crippen LogP contribution is -2.35. The van der Waals surface area contributed by atoms with Crippen LogP contribution < -0.4 is 0 Å². The summed E-state index contributed by atoms with van der Waals surface area (Å²) < 4.78 is 7.91. The smallest absolute Gasteiger partial charge is 0.410 e. The first-order chi connectivity index (χ1) is 10.6. The summed E-state index contributed by atoms with van der Waals surface area (Å²) in [5, 5.41) is 0. The second-order valence-electron chi connectivity index (χ2n) is 6.57. The normalized spacial score (nSPS) is 26.5. The van der Waals surface area contributed by atoms with Crippen molar-refractivity contribution in [2.75, 3.05) is 26.7 Å². The number of carbonyl (C=O) groups excluding carboxylic acids is 1. The number of amides is 1. The molecule has 0 bridgehead atoms. The number of nitrogens with zero attached hydrogens (tertiary/aromatic N) is 4. The Hall–Kier alpha value is -1.56. The predicted octanol–water partition coefficient (Wildman–Crippen LogP) is 2.10. The molecule has 1 spiro atoms. The van der Waals surface area contributed by atoms with E-state index in [1.165, 1.54) is 0 Å². The van der Waals surface area contributed by atoms with Crippen molar-refractivity contribution in [3.8, 4) is 0 Å². The number of imidazole rings is 1. The van der Waals surface area contributed by atoms with Crippen LogP contribution in [0.3, 0.4) is 0 Å².